The summed E-state index contributed by atoms with van der Waals surface area (Å²) in [6, 6.07) is 12.2. The van der Waals surface area contributed by atoms with E-state index >= 15 is 0 Å². The number of ether oxygens (including phenoxy) is 2. The van der Waals surface area contributed by atoms with Crippen LogP contribution >= 0.6 is 11.8 Å². The molecule has 3 atom stereocenters. The van der Waals surface area contributed by atoms with Crippen molar-refractivity contribution < 1.29 is 33.8 Å². The summed E-state index contributed by atoms with van der Waals surface area (Å²) in [5.74, 6) is -1.40. The molecule has 2 rings (SSSR count). The number of hydrogen-bond acceptors (Lipinski definition) is 8. The number of carbonyl (C=O) groups is 4. The van der Waals surface area contributed by atoms with Crippen LogP contribution in [0.1, 0.15) is 97.7 Å². The van der Waals surface area contributed by atoms with Gasteiger partial charge in [-0.3, -0.25) is 9.59 Å². The summed E-state index contributed by atoms with van der Waals surface area (Å²) in [6.45, 7) is 12.7. The first kappa shape index (κ1) is 40.4. The van der Waals surface area contributed by atoms with Crippen LogP contribution < -0.4 is 10.6 Å². The van der Waals surface area contributed by atoms with Crippen LogP contribution in [0.25, 0.3) is 0 Å². The monoisotopic (exact) mass is 685 g/mol. The normalized spacial score (nSPS) is 13.5. The topological polar surface area (TPSA) is 134 Å². The Morgan fingerprint density at radius 1 is 0.833 bits per heavy atom. The molecule has 48 heavy (non-hydrogen) atoms. The molecule has 0 radical (unpaired) electrons. The van der Waals surface area contributed by atoms with E-state index in [1.165, 1.54) is 22.7 Å². The van der Waals surface area contributed by atoms with Gasteiger partial charge in [-0.25, -0.2) is 9.59 Å². The molecule has 2 aromatic rings. The maximum atomic E-state index is 14.5. The highest BCUT2D eigenvalue weighted by atomic mass is 32.2. The Hall–Kier alpha value is -3.73. The third kappa shape index (κ3) is 14.2. The summed E-state index contributed by atoms with van der Waals surface area (Å²) in [5, 5.41) is 16.7. The maximum Gasteiger partial charge on any atom is 0.408 e. The second kappa shape index (κ2) is 19.3. The van der Waals surface area contributed by atoms with Crippen molar-refractivity contribution in [1.82, 2.24) is 15.5 Å². The van der Waals surface area contributed by atoms with Crippen LogP contribution in [0.15, 0.2) is 54.6 Å². The van der Waals surface area contributed by atoms with Gasteiger partial charge in [0, 0.05) is 18.5 Å². The molecule has 0 spiro atoms. The Morgan fingerprint density at radius 3 is 2.04 bits per heavy atom. The molecule has 0 aliphatic heterocycles. The summed E-state index contributed by atoms with van der Waals surface area (Å²) in [7, 11) is 0. The molecule has 0 aliphatic rings. The smallest absolute Gasteiger partial charge is 0.408 e. The summed E-state index contributed by atoms with van der Waals surface area (Å²) < 4.78 is 11.2. The van der Waals surface area contributed by atoms with Crippen LogP contribution in [-0.4, -0.2) is 75.7 Å². The fourth-order valence-corrected chi connectivity index (χ4v) is 5.53. The number of phenolic OH excluding ortho intramolecular Hbond substituents is 1. The van der Waals surface area contributed by atoms with Crippen LogP contribution in [0.3, 0.4) is 0 Å². The lowest BCUT2D eigenvalue weighted by Gasteiger charge is -2.35. The first-order valence-corrected chi connectivity index (χ1v) is 18.1. The number of rotatable bonds is 17. The van der Waals surface area contributed by atoms with Gasteiger partial charge in [-0.2, -0.15) is 11.8 Å². The number of thioether (sulfide) groups is 1. The molecule has 0 saturated carbocycles. The fourth-order valence-electron chi connectivity index (χ4n) is 5.05. The van der Waals surface area contributed by atoms with Crippen molar-refractivity contribution in [2.45, 2.75) is 116 Å². The van der Waals surface area contributed by atoms with Gasteiger partial charge in [0.2, 0.25) is 11.8 Å². The molecule has 11 heteroatoms. The molecule has 3 amide bonds. The van der Waals surface area contributed by atoms with Gasteiger partial charge in [0.1, 0.15) is 35.1 Å². The molecule has 2 aromatic carbocycles. The van der Waals surface area contributed by atoms with E-state index in [1.54, 1.807) is 59.7 Å². The molecule has 10 nitrogen and oxygen atoms in total. The summed E-state index contributed by atoms with van der Waals surface area (Å²) in [4.78, 5) is 56.9. The van der Waals surface area contributed by atoms with Crippen LogP contribution in [0.4, 0.5) is 4.79 Å². The minimum atomic E-state index is -1.32. The number of hydrogen-bond donors (Lipinski definition) is 3. The first-order chi connectivity index (χ1) is 22.6. The second-order valence-electron chi connectivity index (χ2n) is 13.8. The third-order valence-corrected chi connectivity index (χ3v) is 7.86. The molecular weight excluding hydrogens is 630 g/mol. The Morgan fingerprint density at radius 2 is 1.46 bits per heavy atom. The molecule has 0 bridgehead atoms. The Balaban J connectivity index is 2.63. The third-order valence-electron chi connectivity index (χ3n) is 7.22. The maximum absolute atomic E-state index is 14.5. The van der Waals surface area contributed by atoms with E-state index in [9.17, 15) is 24.3 Å². The number of aromatic hydroxyl groups is 1. The van der Waals surface area contributed by atoms with Gasteiger partial charge in [-0.05, 0) is 78.0 Å². The number of alkyl carbamates (subject to hydrolysis) is 1. The lowest BCUT2D eigenvalue weighted by molar-refractivity contribution is -0.159. The van der Waals surface area contributed by atoms with Crippen LogP contribution in [0, 0.1) is 0 Å². The van der Waals surface area contributed by atoms with E-state index in [0.29, 0.717) is 12.2 Å². The van der Waals surface area contributed by atoms with Crippen LogP contribution in [0.5, 0.6) is 5.75 Å². The van der Waals surface area contributed by atoms with E-state index in [0.717, 1.165) is 24.8 Å². The van der Waals surface area contributed by atoms with Gasteiger partial charge in [0.05, 0.1) is 0 Å². The van der Waals surface area contributed by atoms with E-state index in [2.05, 4.69) is 17.6 Å². The van der Waals surface area contributed by atoms with Gasteiger partial charge in [-0.15, -0.1) is 0 Å². The fraction of sp³-hybridized carbons (Fsp3) is 0.568. The minimum Gasteiger partial charge on any atom is -0.508 e. The predicted octanol–water partition coefficient (Wildman–Crippen LogP) is 6.56. The zero-order valence-corrected chi connectivity index (χ0v) is 30.7. The SMILES string of the molecule is CCCCCCN(C(=O)C(CCSC)NC(=O)OC(C)(C)C)C(C(=O)NC(Cc1ccccc1)C(=O)OC(C)(C)C)c1ccccc1O. The molecule has 0 aromatic heterocycles. The number of amides is 3. The summed E-state index contributed by atoms with van der Waals surface area (Å²) in [5.41, 5.74) is -0.598. The van der Waals surface area contributed by atoms with Crippen molar-refractivity contribution in [3.8, 4) is 5.75 Å². The summed E-state index contributed by atoms with van der Waals surface area (Å²) >= 11 is 1.52. The Bertz CT molecular complexity index is 1320. The van der Waals surface area contributed by atoms with Crippen LogP contribution in [-0.2, 0) is 30.3 Å². The first-order valence-electron chi connectivity index (χ1n) is 16.7. The lowest BCUT2D eigenvalue weighted by Crippen LogP contribution is -2.55. The van der Waals surface area contributed by atoms with Crippen molar-refractivity contribution in [3.63, 3.8) is 0 Å². The van der Waals surface area contributed by atoms with Gasteiger partial charge in [-0.1, -0.05) is 74.7 Å². The number of esters is 1. The van der Waals surface area contributed by atoms with Gasteiger partial charge in [0.15, 0.2) is 0 Å². The zero-order valence-electron chi connectivity index (χ0n) is 29.8. The van der Waals surface area contributed by atoms with Crippen molar-refractivity contribution in [3.05, 3.63) is 65.7 Å². The number of phenols is 1. The second-order valence-corrected chi connectivity index (χ2v) is 14.8. The Labute approximate surface area is 290 Å². The largest absolute Gasteiger partial charge is 0.508 e. The predicted molar refractivity (Wildman–Crippen MR) is 191 cm³/mol. The highest BCUT2D eigenvalue weighted by Crippen LogP contribution is 2.31. The number of benzene rings is 2. The van der Waals surface area contributed by atoms with Crippen LogP contribution in [0.2, 0.25) is 0 Å². The highest BCUT2D eigenvalue weighted by molar-refractivity contribution is 7.98. The molecule has 0 aliphatic carbocycles. The van der Waals surface area contributed by atoms with Gasteiger partial charge < -0.3 is 30.1 Å². The van der Waals surface area contributed by atoms with E-state index in [4.69, 9.17) is 9.47 Å². The van der Waals surface area contributed by atoms with Crippen molar-refractivity contribution >= 4 is 35.6 Å². The van der Waals surface area contributed by atoms with Gasteiger partial charge in [0.25, 0.3) is 0 Å². The minimum absolute atomic E-state index is 0.149. The number of nitrogens with zero attached hydrogens (tertiary/aromatic N) is 1. The van der Waals surface area contributed by atoms with Crippen molar-refractivity contribution in [1.29, 1.82) is 0 Å². The number of carbonyl (C=O) groups excluding carboxylic acids is 4. The summed E-state index contributed by atoms with van der Waals surface area (Å²) in [6.07, 6.45) is 4.87. The number of unbranched alkanes of at least 4 members (excludes halogenated alkanes) is 3. The zero-order chi connectivity index (χ0) is 35.9. The number of nitrogens with one attached hydrogen (secondary N) is 2. The highest BCUT2D eigenvalue weighted by Gasteiger charge is 2.39. The number of para-hydroxylation sites is 1. The molecule has 0 heterocycles. The van der Waals surface area contributed by atoms with Gasteiger partial charge >= 0.3 is 12.1 Å². The van der Waals surface area contributed by atoms with Crippen molar-refractivity contribution in [2.24, 2.45) is 0 Å². The van der Waals surface area contributed by atoms with E-state index in [-0.39, 0.29) is 30.7 Å². The molecule has 0 saturated heterocycles. The molecule has 3 unspecified atom stereocenters. The molecule has 3 N–H and O–H groups in total. The molecular formula is C37H55N3O7S. The average molecular weight is 686 g/mol. The Kier molecular flexibility index (Phi) is 16.3. The standard InChI is InChI=1S/C37H55N3O7S/c1-9-10-11-17-23-40(33(43)28(22-24-48-8)39-35(45)47-37(5,6)7)31(27-20-15-16-21-30(27)41)32(42)38-29(34(44)46-36(2,3)4)25-26-18-13-12-14-19-26/h12-16,18-21,28-29,31,41H,9-11,17,22-25H2,1-8H3,(H,38,42)(H,39,45). The van der Waals surface area contributed by atoms with E-state index < -0.39 is 53.2 Å². The quantitative estimate of drug-likeness (QED) is 0.126. The van der Waals surface area contributed by atoms with Crippen molar-refractivity contribution in [2.75, 3.05) is 18.6 Å². The molecule has 266 valence electrons. The van der Waals surface area contributed by atoms with E-state index in [1.807, 2.05) is 36.6 Å². The molecule has 0 fully saturated rings. The lowest BCUT2D eigenvalue weighted by atomic mass is 9.99. The average Bonchev–Trinajstić information content (AvgIpc) is 2.99.